The summed E-state index contributed by atoms with van der Waals surface area (Å²) in [6, 6.07) is 10.7. The molecule has 0 spiro atoms. The first-order valence-electron chi connectivity index (χ1n) is 6.61. The molecule has 1 amide bonds. The molecule has 0 atom stereocenters. The Balaban J connectivity index is 1.82. The summed E-state index contributed by atoms with van der Waals surface area (Å²) in [7, 11) is 0. The molecule has 0 bridgehead atoms. The Bertz CT molecular complexity index is 352. The summed E-state index contributed by atoms with van der Waals surface area (Å²) in [6.07, 6.45) is 4.11. The van der Waals surface area contributed by atoms with E-state index in [-0.39, 0.29) is 0 Å². The van der Waals surface area contributed by atoms with E-state index in [2.05, 4.69) is 30.3 Å². The van der Waals surface area contributed by atoms with Gasteiger partial charge in [-0.25, -0.2) is 0 Å². The molecule has 17 heavy (non-hydrogen) atoms. The Morgan fingerprint density at radius 2 is 1.88 bits per heavy atom. The predicted octanol–water partition coefficient (Wildman–Crippen LogP) is 2.88. The van der Waals surface area contributed by atoms with Crippen molar-refractivity contribution < 1.29 is 4.79 Å². The molecule has 1 aliphatic rings. The topological polar surface area (TPSA) is 20.3 Å². The van der Waals surface area contributed by atoms with E-state index in [1.165, 1.54) is 5.56 Å². The Morgan fingerprint density at radius 1 is 1.24 bits per heavy atom. The van der Waals surface area contributed by atoms with Crippen molar-refractivity contribution in [2.24, 2.45) is 5.92 Å². The maximum absolute atomic E-state index is 11.6. The minimum absolute atomic E-state index is 0.308. The van der Waals surface area contributed by atoms with Crippen LogP contribution in [0.5, 0.6) is 0 Å². The van der Waals surface area contributed by atoms with E-state index in [0.717, 1.165) is 38.3 Å². The molecule has 0 saturated carbocycles. The van der Waals surface area contributed by atoms with E-state index in [1.807, 2.05) is 11.8 Å². The molecule has 2 heteroatoms. The molecule has 0 aliphatic carbocycles. The van der Waals surface area contributed by atoms with Crippen molar-refractivity contribution in [2.45, 2.75) is 32.6 Å². The third-order valence-corrected chi connectivity index (χ3v) is 3.64. The first-order valence-corrected chi connectivity index (χ1v) is 6.61. The molecule has 1 saturated heterocycles. The number of amides is 1. The lowest BCUT2D eigenvalue weighted by Crippen LogP contribution is -2.38. The van der Waals surface area contributed by atoms with Gasteiger partial charge in [-0.2, -0.15) is 0 Å². The van der Waals surface area contributed by atoms with E-state index in [1.54, 1.807) is 0 Å². The smallest absolute Gasteiger partial charge is 0.222 e. The number of likely N-dealkylation sites (tertiary alicyclic amines) is 1. The number of rotatable bonds is 3. The van der Waals surface area contributed by atoms with Crippen LogP contribution in [0.25, 0.3) is 0 Å². The lowest BCUT2D eigenvalue weighted by Gasteiger charge is -2.32. The molecular weight excluding hydrogens is 210 g/mol. The largest absolute Gasteiger partial charge is 0.343 e. The quantitative estimate of drug-likeness (QED) is 0.783. The second-order valence-corrected chi connectivity index (χ2v) is 4.87. The van der Waals surface area contributed by atoms with Gasteiger partial charge in [-0.1, -0.05) is 37.3 Å². The summed E-state index contributed by atoms with van der Waals surface area (Å²) in [4.78, 5) is 13.6. The van der Waals surface area contributed by atoms with Crippen molar-refractivity contribution in [3.05, 3.63) is 35.9 Å². The van der Waals surface area contributed by atoms with Gasteiger partial charge in [0.2, 0.25) is 5.91 Å². The first kappa shape index (κ1) is 12.2. The molecule has 1 fully saturated rings. The molecule has 0 radical (unpaired) electrons. The highest BCUT2D eigenvalue weighted by molar-refractivity contribution is 5.75. The number of carbonyl (C=O) groups excluding carboxylic acids is 1. The zero-order valence-electron chi connectivity index (χ0n) is 10.6. The van der Waals surface area contributed by atoms with E-state index < -0.39 is 0 Å². The van der Waals surface area contributed by atoms with Crippen LogP contribution in [0.15, 0.2) is 30.3 Å². The fraction of sp³-hybridized carbons (Fsp3) is 0.533. The third-order valence-electron chi connectivity index (χ3n) is 3.64. The number of hydrogen-bond donors (Lipinski definition) is 0. The molecule has 0 unspecified atom stereocenters. The average Bonchev–Trinajstić information content (AvgIpc) is 2.40. The highest BCUT2D eigenvalue weighted by atomic mass is 16.2. The van der Waals surface area contributed by atoms with Crippen molar-refractivity contribution in [1.82, 2.24) is 4.90 Å². The van der Waals surface area contributed by atoms with Crippen LogP contribution in [-0.4, -0.2) is 23.9 Å². The van der Waals surface area contributed by atoms with Crippen molar-refractivity contribution in [3.8, 4) is 0 Å². The summed E-state index contributed by atoms with van der Waals surface area (Å²) in [5.74, 6) is 1.06. The van der Waals surface area contributed by atoms with Crippen molar-refractivity contribution in [1.29, 1.82) is 0 Å². The second kappa shape index (κ2) is 5.85. The standard InChI is InChI=1S/C15H21NO/c1-2-15(17)16-10-8-14(9-11-16)12-13-6-4-3-5-7-13/h3-7,14H,2,8-12H2,1H3. The van der Waals surface area contributed by atoms with Crippen molar-refractivity contribution in [3.63, 3.8) is 0 Å². The molecule has 0 N–H and O–H groups in total. The lowest BCUT2D eigenvalue weighted by atomic mass is 9.90. The normalized spacial score (nSPS) is 17.1. The maximum Gasteiger partial charge on any atom is 0.222 e. The Kier molecular flexibility index (Phi) is 4.18. The van der Waals surface area contributed by atoms with Gasteiger partial charge in [0.05, 0.1) is 0 Å². The minimum Gasteiger partial charge on any atom is -0.343 e. The van der Waals surface area contributed by atoms with Gasteiger partial charge in [0.1, 0.15) is 0 Å². The third kappa shape index (κ3) is 3.32. The summed E-state index contributed by atoms with van der Waals surface area (Å²) < 4.78 is 0. The summed E-state index contributed by atoms with van der Waals surface area (Å²) in [5.41, 5.74) is 1.42. The summed E-state index contributed by atoms with van der Waals surface area (Å²) in [6.45, 7) is 3.84. The SMILES string of the molecule is CCC(=O)N1CCC(Cc2ccccc2)CC1. The summed E-state index contributed by atoms with van der Waals surface area (Å²) >= 11 is 0. The van der Waals surface area contributed by atoms with Crippen LogP contribution >= 0.6 is 0 Å². The number of piperidine rings is 1. The van der Waals surface area contributed by atoms with Crippen LogP contribution in [0.2, 0.25) is 0 Å². The number of carbonyl (C=O) groups is 1. The van der Waals surface area contributed by atoms with Crippen LogP contribution in [0.3, 0.4) is 0 Å². The van der Waals surface area contributed by atoms with Gasteiger partial charge in [-0.05, 0) is 30.7 Å². The van der Waals surface area contributed by atoms with Gasteiger partial charge in [-0.3, -0.25) is 4.79 Å². The predicted molar refractivity (Wildman–Crippen MR) is 69.7 cm³/mol. The monoisotopic (exact) mass is 231 g/mol. The van der Waals surface area contributed by atoms with Crippen LogP contribution in [-0.2, 0) is 11.2 Å². The van der Waals surface area contributed by atoms with Gasteiger partial charge in [0.15, 0.2) is 0 Å². The minimum atomic E-state index is 0.308. The highest BCUT2D eigenvalue weighted by Gasteiger charge is 2.21. The van der Waals surface area contributed by atoms with E-state index in [4.69, 9.17) is 0 Å². The van der Waals surface area contributed by atoms with E-state index in [0.29, 0.717) is 12.3 Å². The van der Waals surface area contributed by atoms with Gasteiger partial charge < -0.3 is 4.90 Å². The number of benzene rings is 1. The van der Waals surface area contributed by atoms with Crippen molar-refractivity contribution >= 4 is 5.91 Å². The zero-order valence-corrected chi connectivity index (χ0v) is 10.6. The number of hydrogen-bond acceptors (Lipinski definition) is 1. The van der Waals surface area contributed by atoms with E-state index >= 15 is 0 Å². The fourth-order valence-electron chi connectivity index (χ4n) is 2.56. The average molecular weight is 231 g/mol. The lowest BCUT2D eigenvalue weighted by molar-refractivity contribution is -0.132. The van der Waals surface area contributed by atoms with Gasteiger partial charge >= 0.3 is 0 Å². The summed E-state index contributed by atoms with van der Waals surface area (Å²) in [5, 5.41) is 0. The Morgan fingerprint density at radius 3 is 2.47 bits per heavy atom. The van der Waals surface area contributed by atoms with Crippen LogP contribution < -0.4 is 0 Å². The molecule has 92 valence electrons. The molecule has 1 aromatic rings. The fourth-order valence-corrected chi connectivity index (χ4v) is 2.56. The molecule has 1 aliphatic heterocycles. The van der Waals surface area contributed by atoms with Crippen LogP contribution in [0.4, 0.5) is 0 Å². The highest BCUT2D eigenvalue weighted by Crippen LogP contribution is 2.21. The molecule has 0 aromatic heterocycles. The molecule has 1 aromatic carbocycles. The zero-order chi connectivity index (χ0) is 12.1. The maximum atomic E-state index is 11.6. The van der Waals surface area contributed by atoms with Gasteiger partial charge in [0, 0.05) is 19.5 Å². The molecule has 1 heterocycles. The Hall–Kier alpha value is -1.31. The molecular formula is C15H21NO. The van der Waals surface area contributed by atoms with E-state index in [9.17, 15) is 4.79 Å². The van der Waals surface area contributed by atoms with Crippen LogP contribution in [0.1, 0.15) is 31.7 Å². The van der Waals surface area contributed by atoms with Gasteiger partial charge in [-0.15, -0.1) is 0 Å². The molecule has 2 nitrogen and oxygen atoms in total. The first-order chi connectivity index (χ1) is 8.29. The van der Waals surface area contributed by atoms with Gasteiger partial charge in [0.25, 0.3) is 0 Å². The van der Waals surface area contributed by atoms with Crippen molar-refractivity contribution in [2.75, 3.05) is 13.1 Å². The second-order valence-electron chi connectivity index (χ2n) is 4.87. The number of nitrogens with zero attached hydrogens (tertiary/aromatic N) is 1. The Labute approximate surface area is 104 Å². The molecule has 2 rings (SSSR count). The van der Waals surface area contributed by atoms with Crippen LogP contribution in [0, 0.1) is 5.92 Å².